The second kappa shape index (κ2) is 8.92. The van der Waals surface area contributed by atoms with Crippen molar-refractivity contribution in [3.05, 3.63) is 107 Å². The van der Waals surface area contributed by atoms with Gasteiger partial charge in [-0.1, -0.05) is 54.6 Å². The Labute approximate surface area is 196 Å². The first-order chi connectivity index (χ1) is 16.1. The van der Waals surface area contributed by atoms with Gasteiger partial charge in [-0.15, -0.1) is 0 Å². The summed E-state index contributed by atoms with van der Waals surface area (Å²) in [5.41, 5.74) is 6.92. The van der Waals surface area contributed by atoms with Crippen molar-refractivity contribution >= 4 is 34.6 Å². The fraction of sp³-hybridized carbons (Fsp3) is 0.0741. The molecule has 33 heavy (non-hydrogen) atoms. The van der Waals surface area contributed by atoms with E-state index in [1.165, 1.54) is 5.56 Å². The molecule has 1 aliphatic rings. The van der Waals surface area contributed by atoms with Gasteiger partial charge in [-0.25, -0.2) is 9.67 Å². The van der Waals surface area contributed by atoms with E-state index >= 15 is 0 Å². The number of benzene rings is 3. The second-order valence-corrected chi connectivity index (χ2v) is 8.85. The molecule has 0 aliphatic carbocycles. The number of hydrogen-bond acceptors (Lipinski definition) is 4. The van der Waals surface area contributed by atoms with Crippen molar-refractivity contribution in [3.8, 4) is 16.9 Å². The number of aryl methyl sites for hydroxylation is 2. The number of para-hydroxylation sites is 1. The number of carbonyl (C=O) groups excluding carboxylic acids is 1. The van der Waals surface area contributed by atoms with Crippen LogP contribution in [0, 0.1) is 13.8 Å². The molecule has 5 rings (SSSR count). The number of aliphatic imine (C=N–C) groups is 1. The van der Waals surface area contributed by atoms with E-state index in [2.05, 4.69) is 19.2 Å². The molecule has 162 valence electrons. The summed E-state index contributed by atoms with van der Waals surface area (Å²) in [5.74, 6) is 0.555. The summed E-state index contributed by atoms with van der Waals surface area (Å²) in [6.07, 6.45) is 3.97. The minimum Gasteiger partial charge on any atom is -0.300 e. The summed E-state index contributed by atoms with van der Waals surface area (Å²) < 4.78 is 1.86. The molecule has 0 saturated carbocycles. The molecule has 1 fully saturated rings. The largest absolute Gasteiger partial charge is 0.300 e. The molecule has 0 radical (unpaired) electrons. The lowest BCUT2D eigenvalue weighted by atomic mass is 10.1. The van der Waals surface area contributed by atoms with Crippen LogP contribution in [-0.2, 0) is 0 Å². The molecule has 0 unspecified atom stereocenters. The number of thioether (sulfide) groups is 1. The smallest absolute Gasteiger partial charge is 0.289 e. The molecule has 1 amide bonds. The molecule has 2 heterocycles. The van der Waals surface area contributed by atoms with Gasteiger partial charge in [-0.3, -0.25) is 4.79 Å². The Morgan fingerprint density at radius 1 is 0.939 bits per heavy atom. The van der Waals surface area contributed by atoms with Crippen molar-refractivity contribution < 1.29 is 4.79 Å². The van der Waals surface area contributed by atoms with E-state index < -0.39 is 0 Å². The highest BCUT2D eigenvalue weighted by Crippen LogP contribution is 2.32. The maximum Gasteiger partial charge on any atom is 0.289 e. The van der Waals surface area contributed by atoms with Crippen molar-refractivity contribution in [2.45, 2.75) is 13.8 Å². The summed E-state index contributed by atoms with van der Waals surface area (Å²) in [7, 11) is 0. The van der Waals surface area contributed by atoms with Gasteiger partial charge in [0.15, 0.2) is 0 Å². The molecule has 1 aromatic heterocycles. The van der Waals surface area contributed by atoms with Gasteiger partial charge in [0.2, 0.25) is 0 Å². The van der Waals surface area contributed by atoms with E-state index in [4.69, 9.17) is 10.1 Å². The first-order valence-electron chi connectivity index (χ1n) is 10.6. The zero-order valence-corrected chi connectivity index (χ0v) is 19.1. The Kier molecular flexibility index (Phi) is 5.67. The molecular formula is C27H22N4OS. The zero-order valence-electron chi connectivity index (χ0n) is 18.3. The van der Waals surface area contributed by atoms with E-state index in [1.807, 2.05) is 95.8 Å². The van der Waals surface area contributed by atoms with E-state index in [1.54, 1.807) is 0 Å². The number of rotatable bonds is 4. The number of nitrogens with one attached hydrogen (secondary N) is 1. The van der Waals surface area contributed by atoms with E-state index in [9.17, 15) is 4.79 Å². The summed E-state index contributed by atoms with van der Waals surface area (Å²) in [4.78, 5) is 17.7. The Morgan fingerprint density at radius 2 is 1.67 bits per heavy atom. The first-order valence-corrected chi connectivity index (χ1v) is 11.5. The number of nitrogens with zero attached hydrogens (tertiary/aromatic N) is 3. The van der Waals surface area contributed by atoms with Crippen molar-refractivity contribution in [1.82, 2.24) is 15.1 Å². The van der Waals surface area contributed by atoms with Crippen LogP contribution < -0.4 is 5.32 Å². The van der Waals surface area contributed by atoms with Crippen LogP contribution in [0.25, 0.3) is 23.0 Å². The van der Waals surface area contributed by atoms with Crippen LogP contribution in [0.1, 0.15) is 16.7 Å². The van der Waals surface area contributed by atoms with E-state index in [0.717, 1.165) is 50.4 Å². The third kappa shape index (κ3) is 4.52. The Balaban J connectivity index is 1.60. The quantitative estimate of drug-likeness (QED) is 0.377. The molecule has 3 aromatic carbocycles. The number of carbonyl (C=O) groups is 1. The van der Waals surface area contributed by atoms with Gasteiger partial charge >= 0.3 is 0 Å². The van der Waals surface area contributed by atoms with Crippen molar-refractivity contribution in [3.63, 3.8) is 0 Å². The summed E-state index contributed by atoms with van der Waals surface area (Å²) in [6.45, 7) is 4.13. The number of hydrogen-bond donors (Lipinski definition) is 1. The topological polar surface area (TPSA) is 59.3 Å². The predicted molar refractivity (Wildman–Crippen MR) is 136 cm³/mol. The highest BCUT2D eigenvalue weighted by Gasteiger charge is 2.25. The molecule has 6 heteroatoms. The third-order valence-electron chi connectivity index (χ3n) is 5.49. The molecule has 1 N–H and O–H groups in total. The molecule has 4 aromatic rings. The minimum absolute atomic E-state index is 0.138. The van der Waals surface area contributed by atoms with Gasteiger partial charge in [-0.2, -0.15) is 5.10 Å². The van der Waals surface area contributed by atoms with Gasteiger partial charge in [0.05, 0.1) is 22.0 Å². The Morgan fingerprint density at radius 3 is 2.39 bits per heavy atom. The van der Waals surface area contributed by atoms with Gasteiger partial charge in [0.1, 0.15) is 5.84 Å². The first kappa shape index (κ1) is 21.0. The zero-order chi connectivity index (χ0) is 22.8. The van der Waals surface area contributed by atoms with Gasteiger partial charge in [0.25, 0.3) is 5.24 Å². The molecule has 0 bridgehead atoms. The lowest BCUT2D eigenvalue weighted by Gasteiger charge is -2.03. The summed E-state index contributed by atoms with van der Waals surface area (Å²) in [6, 6.07) is 26.1. The molecule has 5 nitrogen and oxygen atoms in total. The molecule has 0 spiro atoms. The molecule has 1 aliphatic heterocycles. The highest BCUT2D eigenvalue weighted by molar-refractivity contribution is 8.18. The summed E-state index contributed by atoms with van der Waals surface area (Å²) >= 11 is 1.15. The second-order valence-electron chi connectivity index (χ2n) is 7.83. The Bertz CT molecular complexity index is 1390. The van der Waals surface area contributed by atoms with E-state index in [-0.39, 0.29) is 5.24 Å². The fourth-order valence-electron chi connectivity index (χ4n) is 3.60. The van der Waals surface area contributed by atoms with Crippen molar-refractivity contribution in [2.24, 2.45) is 4.99 Å². The van der Waals surface area contributed by atoms with Crippen molar-refractivity contribution in [1.29, 1.82) is 0 Å². The third-order valence-corrected chi connectivity index (χ3v) is 6.30. The molecule has 0 atom stereocenters. The number of amidine groups is 1. The summed E-state index contributed by atoms with van der Waals surface area (Å²) in [5, 5.41) is 7.60. The predicted octanol–water partition coefficient (Wildman–Crippen LogP) is 6.68. The molecular weight excluding hydrogens is 428 g/mol. The van der Waals surface area contributed by atoms with Crippen LogP contribution in [0.4, 0.5) is 10.5 Å². The SMILES string of the molecule is Cc1ccc(N=C2NC(=O)SC2=Cc2cn(-c3ccccc3)nc2-c2ccccc2)cc1C. The van der Waals surface area contributed by atoms with E-state index in [0.29, 0.717) is 5.84 Å². The average molecular weight is 451 g/mol. The van der Waals surface area contributed by atoms with Crippen LogP contribution >= 0.6 is 11.8 Å². The Hall–Kier alpha value is -3.90. The number of amides is 1. The fourth-order valence-corrected chi connectivity index (χ4v) is 4.33. The maximum atomic E-state index is 12.3. The van der Waals surface area contributed by atoms with Crippen LogP contribution in [0.5, 0.6) is 0 Å². The van der Waals surface area contributed by atoms with Crippen molar-refractivity contribution in [2.75, 3.05) is 0 Å². The monoisotopic (exact) mass is 450 g/mol. The maximum absolute atomic E-state index is 12.3. The lowest BCUT2D eigenvalue weighted by Crippen LogP contribution is -2.18. The lowest BCUT2D eigenvalue weighted by molar-refractivity contribution is 0.265. The minimum atomic E-state index is -0.138. The van der Waals surface area contributed by atoms with Crippen LogP contribution in [0.15, 0.2) is 95.0 Å². The van der Waals surface area contributed by atoms with Gasteiger partial charge in [0, 0.05) is 17.3 Å². The van der Waals surface area contributed by atoms with Crippen LogP contribution in [0.2, 0.25) is 0 Å². The number of aromatic nitrogens is 2. The molecule has 1 saturated heterocycles. The average Bonchev–Trinajstić information content (AvgIpc) is 3.41. The normalized spacial score (nSPS) is 15.9. The van der Waals surface area contributed by atoms with Gasteiger partial charge < -0.3 is 5.32 Å². The van der Waals surface area contributed by atoms with Gasteiger partial charge in [-0.05, 0) is 67.1 Å². The highest BCUT2D eigenvalue weighted by atomic mass is 32.2. The van der Waals surface area contributed by atoms with Crippen LogP contribution in [0.3, 0.4) is 0 Å². The van der Waals surface area contributed by atoms with Crippen LogP contribution in [-0.4, -0.2) is 20.9 Å². The standard InChI is InChI=1S/C27H22N4OS/c1-18-13-14-22(15-19(18)2)28-26-24(33-27(32)29-26)16-21-17-31(23-11-7-4-8-12-23)30-25(21)20-9-5-3-6-10-20/h3-17H,1-2H3,(H,28,29,32).